The minimum Gasteiger partial charge on any atom is -0.494 e. The number of benzene rings is 2. The van der Waals surface area contributed by atoms with Crippen molar-refractivity contribution in [2.24, 2.45) is 0 Å². The smallest absolute Gasteiger partial charge is 0.327 e. The van der Waals surface area contributed by atoms with Crippen LogP contribution in [0.2, 0.25) is 0 Å². The molecule has 20 heavy (non-hydrogen) atoms. The SMILES string of the molecule is COc1ccc(Nc2cccc(F)c2[N+](=O)[O-])cc1F. The number of para-hydroxylation sites is 1. The first kappa shape index (κ1) is 13.7. The summed E-state index contributed by atoms with van der Waals surface area (Å²) in [4.78, 5) is 10.00. The van der Waals surface area contributed by atoms with Crippen LogP contribution >= 0.6 is 0 Å². The van der Waals surface area contributed by atoms with Gasteiger partial charge in [-0.1, -0.05) is 6.07 Å². The first-order valence-corrected chi connectivity index (χ1v) is 5.56. The number of anilines is 2. The molecule has 0 bridgehead atoms. The van der Waals surface area contributed by atoms with E-state index in [9.17, 15) is 18.9 Å². The summed E-state index contributed by atoms with van der Waals surface area (Å²) in [6.45, 7) is 0. The number of nitrogens with one attached hydrogen (secondary N) is 1. The molecule has 0 fully saturated rings. The van der Waals surface area contributed by atoms with Crippen LogP contribution in [0.1, 0.15) is 0 Å². The Morgan fingerprint density at radius 3 is 2.55 bits per heavy atom. The minimum absolute atomic E-state index is 0.0456. The maximum absolute atomic E-state index is 13.5. The van der Waals surface area contributed by atoms with E-state index in [0.29, 0.717) is 0 Å². The second kappa shape index (κ2) is 5.52. The highest BCUT2D eigenvalue weighted by Gasteiger charge is 2.20. The zero-order valence-corrected chi connectivity index (χ0v) is 10.4. The Bertz CT molecular complexity index is 662. The molecule has 0 atom stereocenters. The maximum atomic E-state index is 13.5. The third-order valence-corrected chi connectivity index (χ3v) is 2.60. The summed E-state index contributed by atoms with van der Waals surface area (Å²) in [5.74, 6) is -1.55. The average Bonchev–Trinajstić information content (AvgIpc) is 2.38. The summed E-state index contributed by atoms with van der Waals surface area (Å²) < 4.78 is 31.7. The monoisotopic (exact) mass is 280 g/mol. The number of hydrogen-bond acceptors (Lipinski definition) is 4. The Morgan fingerprint density at radius 2 is 1.95 bits per heavy atom. The number of nitro groups is 1. The predicted molar refractivity (Wildman–Crippen MR) is 69.3 cm³/mol. The van der Waals surface area contributed by atoms with Crippen molar-refractivity contribution in [2.75, 3.05) is 12.4 Å². The molecule has 1 N–H and O–H groups in total. The molecule has 2 rings (SSSR count). The largest absolute Gasteiger partial charge is 0.494 e. The Kier molecular flexibility index (Phi) is 3.79. The molecule has 0 unspecified atom stereocenters. The van der Waals surface area contributed by atoms with Gasteiger partial charge in [0, 0.05) is 11.8 Å². The van der Waals surface area contributed by atoms with Gasteiger partial charge in [0.15, 0.2) is 11.6 Å². The molecule has 0 radical (unpaired) electrons. The van der Waals surface area contributed by atoms with Crippen molar-refractivity contribution in [1.82, 2.24) is 0 Å². The second-order valence-electron chi connectivity index (χ2n) is 3.87. The Hall–Kier alpha value is -2.70. The van der Waals surface area contributed by atoms with Crippen molar-refractivity contribution in [3.63, 3.8) is 0 Å². The zero-order chi connectivity index (χ0) is 14.7. The minimum atomic E-state index is -0.964. The van der Waals surface area contributed by atoms with Gasteiger partial charge in [-0.15, -0.1) is 0 Å². The molecule has 0 saturated heterocycles. The molecule has 0 aromatic heterocycles. The lowest BCUT2D eigenvalue weighted by Crippen LogP contribution is -2.00. The van der Waals surface area contributed by atoms with Gasteiger partial charge in [0.25, 0.3) is 0 Å². The van der Waals surface area contributed by atoms with E-state index >= 15 is 0 Å². The van der Waals surface area contributed by atoms with E-state index in [2.05, 4.69) is 5.32 Å². The molecule has 0 saturated carbocycles. The Balaban J connectivity index is 2.38. The number of ether oxygens (including phenoxy) is 1. The highest BCUT2D eigenvalue weighted by Crippen LogP contribution is 2.31. The summed E-state index contributed by atoms with van der Waals surface area (Å²) in [5, 5.41) is 13.4. The molecule has 0 aliphatic heterocycles. The molecule has 7 heteroatoms. The van der Waals surface area contributed by atoms with Gasteiger partial charge < -0.3 is 10.1 Å². The molecule has 0 amide bonds. The van der Waals surface area contributed by atoms with E-state index in [1.807, 2.05) is 0 Å². The first-order valence-electron chi connectivity index (χ1n) is 5.56. The second-order valence-corrected chi connectivity index (χ2v) is 3.87. The predicted octanol–water partition coefficient (Wildman–Crippen LogP) is 3.63. The van der Waals surface area contributed by atoms with Crippen LogP contribution in [0.5, 0.6) is 5.75 Å². The van der Waals surface area contributed by atoms with Crippen molar-refractivity contribution >= 4 is 17.1 Å². The van der Waals surface area contributed by atoms with Crippen molar-refractivity contribution in [3.05, 3.63) is 58.1 Å². The van der Waals surface area contributed by atoms with E-state index in [1.54, 1.807) is 0 Å². The van der Waals surface area contributed by atoms with Crippen molar-refractivity contribution in [1.29, 1.82) is 0 Å². The third-order valence-electron chi connectivity index (χ3n) is 2.60. The molecular formula is C13H10F2N2O3. The maximum Gasteiger partial charge on any atom is 0.327 e. The van der Waals surface area contributed by atoms with Crippen molar-refractivity contribution < 1.29 is 18.4 Å². The molecule has 0 aliphatic rings. The third kappa shape index (κ3) is 2.66. The van der Waals surface area contributed by atoms with E-state index in [4.69, 9.17) is 4.74 Å². The van der Waals surface area contributed by atoms with Crippen LogP contribution in [0.15, 0.2) is 36.4 Å². The number of hydrogen-bond donors (Lipinski definition) is 1. The topological polar surface area (TPSA) is 64.4 Å². The van der Waals surface area contributed by atoms with Crippen molar-refractivity contribution in [2.45, 2.75) is 0 Å². The van der Waals surface area contributed by atoms with E-state index in [-0.39, 0.29) is 17.1 Å². The van der Waals surface area contributed by atoms with Crippen LogP contribution in [0.25, 0.3) is 0 Å². The molecule has 2 aromatic carbocycles. The molecule has 5 nitrogen and oxygen atoms in total. The average molecular weight is 280 g/mol. The van der Waals surface area contributed by atoms with Crippen LogP contribution in [0.3, 0.4) is 0 Å². The van der Waals surface area contributed by atoms with Crippen LogP contribution in [-0.4, -0.2) is 12.0 Å². The molecular weight excluding hydrogens is 270 g/mol. The quantitative estimate of drug-likeness (QED) is 0.686. The summed E-state index contributed by atoms with van der Waals surface area (Å²) in [7, 11) is 1.32. The van der Waals surface area contributed by atoms with Crippen molar-refractivity contribution in [3.8, 4) is 5.75 Å². The molecule has 0 aliphatic carbocycles. The lowest BCUT2D eigenvalue weighted by Gasteiger charge is -2.09. The fourth-order valence-electron chi connectivity index (χ4n) is 1.70. The van der Waals surface area contributed by atoms with Crippen LogP contribution in [0, 0.1) is 21.7 Å². The fourth-order valence-corrected chi connectivity index (χ4v) is 1.70. The first-order chi connectivity index (χ1) is 9.52. The van der Waals surface area contributed by atoms with Crippen LogP contribution in [-0.2, 0) is 0 Å². The Morgan fingerprint density at radius 1 is 1.20 bits per heavy atom. The van der Waals surface area contributed by atoms with Gasteiger partial charge in [0.05, 0.1) is 12.0 Å². The van der Waals surface area contributed by atoms with Crippen LogP contribution in [0.4, 0.5) is 25.8 Å². The standard InChI is InChI=1S/C13H10F2N2O3/c1-20-12-6-5-8(7-10(12)15)16-11-4-2-3-9(14)13(11)17(18)19/h2-7,16H,1H3. The number of nitrogens with zero attached hydrogens (tertiary/aromatic N) is 1. The van der Waals surface area contributed by atoms with Crippen LogP contribution < -0.4 is 10.1 Å². The van der Waals surface area contributed by atoms with E-state index < -0.39 is 22.2 Å². The highest BCUT2D eigenvalue weighted by atomic mass is 19.1. The van der Waals surface area contributed by atoms with E-state index in [1.165, 1.54) is 31.4 Å². The van der Waals surface area contributed by atoms with E-state index in [0.717, 1.165) is 12.1 Å². The number of halogens is 2. The van der Waals surface area contributed by atoms with Gasteiger partial charge in [0.1, 0.15) is 5.69 Å². The lowest BCUT2D eigenvalue weighted by molar-refractivity contribution is -0.386. The summed E-state index contributed by atoms with van der Waals surface area (Å²) in [6, 6.07) is 7.58. The van der Waals surface area contributed by atoms with Gasteiger partial charge in [-0.2, -0.15) is 4.39 Å². The number of nitro benzene ring substituents is 1. The summed E-state index contributed by atoms with van der Waals surface area (Å²) >= 11 is 0. The Labute approximate surface area is 113 Å². The molecule has 0 spiro atoms. The zero-order valence-electron chi connectivity index (χ0n) is 10.4. The van der Waals surface area contributed by atoms with Gasteiger partial charge in [-0.25, -0.2) is 4.39 Å². The van der Waals surface area contributed by atoms with Gasteiger partial charge in [0.2, 0.25) is 5.82 Å². The normalized spacial score (nSPS) is 10.2. The van der Waals surface area contributed by atoms with Gasteiger partial charge in [-0.3, -0.25) is 10.1 Å². The summed E-state index contributed by atoms with van der Waals surface area (Å²) in [6.07, 6.45) is 0. The highest BCUT2D eigenvalue weighted by molar-refractivity contribution is 5.70. The lowest BCUT2D eigenvalue weighted by atomic mass is 10.2. The molecule has 104 valence electrons. The summed E-state index contributed by atoms with van der Waals surface area (Å²) in [5.41, 5.74) is -0.500. The fraction of sp³-hybridized carbons (Fsp3) is 0.0769. The number of rotatable bonds is 4. The molecule has 2 aromatic rings. The van der Waals surface area contributed by atoms with Gasteiger partial charge in [-0.05, 0) is 24.3 Å². The van der Waals surface area contributed by atoms with Gasteiger partial charge >= 0.3 is 5.69 Å². The number of methoxy groups -OCH3 is 1. The molecule has 0 heterocycles.